The maximum Gasteiger partial charge on any atom is 0.416 e. The molecule has 0 N–H and O–H groups in total. The molecular weight excluding hydrogens is 291 g/mol. The van der Waals surface area contributed by atoms with Gasteiger partial charge in [0, 0.05) is 13.1 Å². The van der Waals surface area contributed by atoms with Crippen LogP contribution in [0.1, 0.15) is 36.8 Å². The van der Waals surface area contributed by atoms with Crippen molar-refractivity contribution in [3.8, 4) is 0 Å². The number of benzene rings is 1. The smallest absolute Gasteiger partial charge is 0.342 e. The molecule has 2 fully saturated rings. The van der Waals surface area contributed by atoms with Crippen LogP contribution in [0.25, 0.3) is 0 Å². The van der Waals surface area contributed by atoms with Crippen molar-refractivity contribution < 1.29 is 18.0 Å². The Morgan fingerprint density at radius 2 is 1.68 bits per heavy atom. The van der Waals surface area contributed by atoms with Gasteiger partial charge >= 0.3 is 6.18 Å². The molecule has 3 rings (SSSR count). The van der Waals surface area contributed by atoms with Gasteiger partial charge in [0.05, 0.1) is 12.0 Å². The molecule has 2 nitrogen and oxygen atoms in total. The molecule has 2 aliphatic rings. The standard InChI is InChI=1S/C17H20F3NO/c18-17(19,20)15-3-1-2-14(8-15)9-16(22)21(10-12-4-5-12)11-13-6-7-13/h1-3,8,12-13H,4-7,9-11H2. The van der Waals surface area contributed by atoms with Crippen molar-refractivity contribution in [3.63, 3.8) is 0 Å². The van der Waals surface area contributed by atoms with E-state index in [1.165, 1.54) is 6.07 Å². The minimum Gasteiger partial charge on any atom is -0.342 e. The van der Waals surface area contributed by atoms with Crippen LogP contribution in [0, 0.1) is 11.8 Å². The van der Waals surface area contributed by atoms with Crippen molar-refractivity contribution >= 4 is 5.91 Å². The average molecular weight is 311 g/mol. The van der Waals surface area contributed by atoms with Crippen molar-refractivity contribution in [2.45, 2.75) is 38.3 Å². The van der Waals surface area contributed by atoms with E-state index >= 15 is 0 Å². The van der Waals surface area contributed by atoms with Gasteiger partial charge in [-0.3, -0.25) is 4.79 Å². The summed E-state index contributed by atoms with van der Waals surface area (Å²) in [5.74, 6) is 1.16. The van der Waals surface area contributed by atoms with Crippen molar-refractivity contribution in [2.24, 2.45) is 11.8 Å². The van der Waals surface area contributed by atoms with Gasteiger partial charge in [0.15, 0.2) is 0 Å². The van der Waals surface area contributed by atoms with Gasteiger partial charge < -0.3 is 4.90 Å². The molecule has 0 radical (unpaired) electrons. The highest BCUT2D eigenvalue weighted by Gasteiger charge is 2.32. The van der Waals surface area contributed by atoms with E-state index in [9.17, 15) is 18.0 Å². The number of nitrogens with zero attached hydrogens (tertiary/aromatic N) is 1. The summed E-state index contributed by atoms with van der Waals surface area (Å²) in [5.41, 5.74) is -0.245. The van der Waals surface area contributed by atoms with Gasteiger partial charge in [0.1, 0.15) is 0 Å². The zero-order valence-corrected chi connectivity index (χ0v) is 12.4. The van der Waals surface area contributed by atoms with Crippen LogP contribution in [-0.2, 0) is 17.4 Å². The molecule has 0 spiro atoms. The molecule has 1 aromatic rings. The van der Waals surface area contributed by atoms with Crippen LogP contribution in [0.2, 0.25) is 0 Å². The third-order valence-electron chi connectivity index (χ3n) is 4.31. The lowest BCUT2D eigenvalue weighted by atomic mass is 10.1. The predicted octanol–water partition coefficient (Wildman–Crippen LogP) is 3.90. The first-order valence-electron chi connectivity index (χ1n) is 7.86. The minimum absolute atomic E-state index is 0.0434. The van der Waals surface area contributed by atoms with Crippen LogP contribution in [0.5, 0.6) is 0 Å². The first-order chi connectivity index (χ1) is 10.4. The van der Waals surface area contributed by atoms with Crippen molar-refractivity contribution in [1.82, 2.24) is 4.90 Å². The van der Waals surface area contributed by atoms with Gasteiger partial charge in [-0.25, -0.2) is 0 Å². The SMILES string of the molecule is O=C(Cc1cccc(C(F)(F)F)c1)N(CC1CC1)CC1CC1. The predicted molar refractivity (Wildman–Crippen MR) is 77.2 cm³/mol. The zero-order valence-electron chi connectivity index (χ0n) is 12.4. The van der Waals surface area contributed by atoms with Crippen LogP contribution in [0.4, 0.5) is 13.2 Å². The molecule has 0 aromatic heterocycles. The summed E-state index contributed by atoms with van der Waals surface area (Å²) in [4.78, 5) is 14.3. The number of halogens is 3. The number of alkyl halides is 3. The summed E-state index contributed by atoms with van der Waals surface area (Å²) in [5, 5.41) is 0. The second-order valence-electron chi connectivity index (χ2n) is 6.56. The van der Waals surface area contributed by atoms with Crippen molar-refractivity contribution in [2.75, 3.05) is 13.1 Å². The van der Waals surface area contributed by atoms with Gasteiger partial charge in [-0.1, -0.05) is 18.2 Å². The van der Waals surface area contributed by atoms with Crippen LogP contribution in [0.3, 0.4) is 0 Å². The molecule has 5 heteroatoms. The second kappa shape index (κ2) is 5.94. The summed E-state index contributed by atoms with van der Waals surface area (Å²) >= 11 is 0. The van der Waals surface area contributed by atoms with Crippen molar-refractivity contribution in [3.05, 3.63) is 35.4 Å². The van der Waals surface area contributed by atoms with Gasteiger partial charge in [-0.15, -0.1) is 0 Å². The maximum absolute atomic E-state index is 12.7. The lowest BCUT2D eigenvalue weighted by molar-refractivity contribution is -0.138. The highest BCUT2D eigenvalue weighted by atomic mass is 19.4. The number of hydrogen-bond donors (Lipinski definition) is 0. The molecule has 2 saturated carbocycles. The zero-order chi connectivity index (χ0) is 15.7. The molecule has 1 aromatic carbocycles. The molecule has 2 aliphatic carbocycles. The molecule has 0 aliphatic heterocycles. The molecule has 0 heterocycles. The van der Waals surface area contributed by atoms with Gasteiger partial charge in [0.2, 0.25) is 5.91 Å². The van der Waals surface area contributed by atoms with Gasteiger partial charge in [0.25, 0.3) is 0 Å². The third-order valence-corrected chi connectivity index (χ3v) is 4.31. The Bertz CT molecular complexity index is 533. The fraction of sp³-hybridized carbons (Fsp3) is 0.588. The molecule has 0 unspecified atom stereocenters. The van der Waals surface area contributed by atoms with Crippen LogP contribution in [-0.4, -0.2) is 23.9 Å². The highest BCUT2D eigenvalue weighted by Crippen LogP contribution is 2.34. The number of hydrogen-bond acceptors (Lipinski definition) is 1. The number of carbonyl (C=O) groups is 1. The van der Waals surface area contributed by atoms with E-state index in [1.54, 1.807) is 6.07 Å². The van der Waals surface area contributed by atoms with Crippen molar-refractivity contribution in [1.29, 1.82) is 0 Å². The Hall–Kier alpha value is -1.52. The molecule has 120 valence electrons. The Labute approximate surface area is 128 Å². The van der Waals surface area contributed by atoms with E-state index in [4.69, 9.17) is 0 Å². The summed E-state index contributed by atoms with van der Waals surface area (Å²) in [7, 11) is 0. The molecule has 0 bridgehead atoms. The molecular formula is C17H20F3NO. The van der Waals surface area contributed by atoms with Crippen LogP contribution < -0.4 is 0 Å². The number of carbonyl (C=O) groups excluding carboxylic acids is 1. The van der Waals surface area contributed by atoms with Crippen LogP contribution >= 0.6 is 0 Å². The van der Waals surface area contributed by atoms with Gasteiger partial charge in [-0.2, -0.15) is 13.2 Å². The van der Waals surface area contributed by atoms with E-state index in [0.717, 1.165) is 50.9 Å². The van der Waals surface area contributed by atoms with E-state index in [-0.39, 0.29) is 12.3 Å². The Kier molecular flexibility index (Phi) is 4.15. The van der Waals surface area contributed by atoms with E-state index in [1.807, 2.05) is 4.90 Å². The third kappa shape index (κ3) is 4.24. The van der Waals surface area contributed by atoms with Crippen LogP contribution in [0.15, 0.2) is 24.3 Å². The maximum atomic E-state index is 12.7. The lowest BCUT2D eigenvalue weighted by Gasteiger charge is -2.23. The molecule has 0 atom stereocenters. The number of amides is 1. The fourth-order valence-corrected chi connectivity index (χ4v) is 2.65. The Balaban J connectivity index is 1.65. The quantitative estimate of drug-likeness (QED) is 0.780. The Morgan fingerprint density at radius 3 is 2.18 bits per heavy atom. The Morgan fingerprint density at radius 1 is 1.09 bits per heavy atom. The van der Waals surface area contributed by atoms with E-state index in [2.05, 4.69) is 0 Å². The number of rotatable bonds is 6. The fourth-order valence-electron chi connectivity index (χ4n) is 2.65. The lowest BCUT2D eigenvalue weighted by Crippen LogP contribution is -2.35. The first kappa shape index (κ1) is 15.4. The highest BCUT2D eigenvalue weighted by molar-refractivity contribution is 5.79. The monoisotopic (exact) mass is 311 g/mol. The molecule has 0 saturated heterocycles. The minimum atomic E-state index is -4.36. The summed E-state index contributed by atoms with van der Waals surface area (Å²) in [6, 6.07) is 5.10. The van der Waals surface area contributed by atoms with Gasteiger partial charge in [-0.05, 0) is 49.1 Å². The summed E-state index contributed by atoms with van der Waals surface area (Å²) in [6.45, 7) is 1.54. The first-order valence-corrected chi connectivity index (χ1v) is 7.86. The molecule has 1 amide bonds. The summed E-state index contributed by atoms with van der Waals surface area (Å²) < 4.78 is 38.2. The second-order valence-corrected chi connectivity index (χ2v) is 6.56. The normalized spacial score (nSPS) is 18.3. The van der Waals surface area contributed by atoms with E-state index < -0.39 is 11.7 Å². The molecule has 22 heavy (non-hydrogen) atoms. The summed E-state index contributed by atoms with van der Waals surface area (Å²) in [6.07, 6.45) is 0.357. The van der Waals surface area contributed by atoms with E-state index in [0.29, 0.717) is 17.4 Å². The topological polar surface area (TPSA) is 20.3 Å². The average Bonchev–Trinajstić information content (AvgIpc) is 3.32. The largest absolute Gasteiger partial charge is 0.416 e.